The van der Waals surface area contributed by atoms with E-state index in [1.165, 1.54) is 12.1 Å². The molecule has 0 unspecified atom stereocenters. The second kappa shape index (κ2) is 7.90. The summed E-state index contributed by atoms with van der Waals surface area (Å²) in [6.07, 6.45) is 1.66. The van der Waals surface area contributed by atoms with Crippen LogP contribution in [0.4, 0.5) is 4.39 Å². The lowest BCUT2D eigenvalue weighted by atomic mass is 9.98. The molecule has 4 rings (SSSR count). The first-order valence-corrected chi connectivity index (χ1v) is 9.19. The highest BCUT2D eigenvalue weighted by Crippen LogP contribution is 2.28. The lowest BCUT2D eigenvalue weighted by Crippen LogP contribution is -2.36. The van der Waals surface area contributed by atoms with Crippen molar-refractivity contribution in [3.63, 3.8) is 0 Å². The van der Waals surface area contributed by atoms with Gasteiger partial charge in [0, 0.05) is 17.7 Å². The third-order valence-corrected chi connectivity index (χ3v) is 4.77. The second-order valence-electron chi connectivity index (χ2n) is 6.78. The fraction of sp³-hybridized carbons (Fsp3) is 0.286. The number of ether oxygens (including phenoxy) is 1. The number of benzene rings is 2. The highest BCUT2D eigenvalue weighted by molar-refractivity contribution is 5.94. The van der Waals surface area contributed by atoms with Crippen LogP contribution in [0.1, 0.15) is 40.6 Å². The molecule has 1 N–H and O–H groups in total. The van der Waals surface area contributed by atoms with Gasteiger partial charge < -0.3 is 14.6 Å². The SMILES string of the molecule is Cc1noc(-c2ccc(C(=O)N[C@H](c3ccc(F)cc3)[C@H]3CCCO3)cc2)n1. The number of aromatic nitrogens is 2. The molecular formula is C21H20FN3O3. The number of amides is 1. The normalized spacial score (nSPS) is 17.4. The highest BCUT2D eigenvalue weighted by Gasteiger charge is 2.29. The standard InChI is InChI=1S/C21H20FN3O3/c1-13-23-21(28-25-13)16-6-4-15(5-7-16)20(26)24-19(18-3-2-12-27-18)14-8-10-17(22)11-9-14/h4-11,18-19H,2-3,12H2,1H3,(H,24,26)/t18-,19-/m1/s1. The van der Waals surface area contributed by atoms with Gasteiger partial charge in [-0.25, -0.2) is 4.39 Å². The van der Waals surface area contributed by atoms with Gasteiger partial charge in [-0.3, -0.25) is 4.79 Å². The van der Waals surface area contributed by atoms with Crippen molar-refractivity contribution in [2.45, 2.75) is 31.9 Å². The Hall–Kier alpha value is -3.06. The first-order valence-electron chi connectivity index (χ1n) is 9.19. The largest absolute Gasteiger partial charge is 0.376 e. The summed E-state index contributed by atoms with van der Waals surface area (Å²) in [4.78, 5) is 17.0. The van der Waals surface area contributed by atoms with Crippen molar-refractivity contribution in [3.8, 4) is 11.5 Å². The van der Waals surface area contributed by atoms with Crippen molar-refractivity contribution in [1.29, 1.82) is 0 Å². The fourth-order valence-corrected chi connectivity index (χ4v) is 3.33. The monoisotopic (exact) mass is 381 g/mol. The molecule has 2 atom stereocenters. The molecule has 2 heterocycles. The molecule has 0 bridgehead atoms. The molecule has 6 nitrogen and oxygen atoms in total. The molecule has 28 heavy (non-hydrogen) atoms. The number of rotatable bonds is 5. The molecule has 1 amide bonds. The smallest absolute Gasteiger partial charge is 0.257 e. The van der Waals surface area contributed by atoms with Crippen LogP contribution < -0.4 is 5.32 Å². The van der Waals surface area contributed by atoms with Crippen molar-refractivity contribution in [2.24, 2.45) is 0 Å². The summed E-state index contributed by atoms with van der Waals surface area (Å²) in [7, 11) is 0. The van der Waals surface area contributed by atoms with Gasteiger partial charge in [0.25, 0.3) is 11.8 Å². The van der Waals surface area contributed by atoms with Crippen molar-refractivity contribution in [3.05, 3.63) is 71.3 Å². The van der Waals surface area contributed by atoms with E-state index in [1.54, 1.807) is 43.3 Å². The first-order chi connectivity index (χ1) is 13.6. The van der Waals surface area contributed by atoms with E-state index in [-0.39, 0.29) is 23.9 Å². The Labute approximate surface area is 161 Å². The number of carbonyl (C=O) groups is 1. The van der Waals surface area contributed by atoms with Gasteiger partial charge in [0.2, 0.25) is 0 Å². The van der Waals surface area contributed by atoms with Crippen molar-refractivity contribution < 1.29 is 18.4 Å². The number of nitrogens with zero attached hydrogens (tertiary/aromatic N) is 2. The predicted octanol–water partition coefficient (Wildman–Crippen LogP) is 3.83. The minimum atomic E-state index is -0.339. The molecular weight excluding hydrogens is 361 g/mol. The van der Waals surface area contributed by atoms with E-state index in [0.717, 1.165) is 24.0 Å². The molecule has 1 saturated heterocycles. The Morgan fingerprint density at radius 2 is 1.93 bits per heavy atom. The molecule has 144 valence electrons. The van der Waals surface area contributed by atoms with Gasteiger partial charge in [-0.2, -0.15) is 4.98 Å². The molecule has 0 aliphatic carbocycles. The summed E-state index contributed by atoms with van der Waals surface area (Å²) in [5.74, 6) is 0.426. The Kier molecular flexibility index (Phi) is 5.16. The van der Waals surface area contributed by atoms with E-state index in [9.17, 15) is 9.18 Å². The Morgan fingerprint density at radius 1 is 1.18 bits per heavy atom. The van der Waals surface area contributed by atoms with Gasteiger partial charge in [-0.15, -0.1) is 0 Å². The molecule has 1 aliphatic rings. The maximum Gasteiger partial charge on any atom is 0.257 e. The van der Waals surface area contributed by atoms with E-state index < -0.39 is 0 Å². The average Bonchev–Trinajstić information content (AvgIpc) is 3.39. The zero-order chi connectivity index (χ0) is 19.5. The quantitative estimate of drug-likeness (QED) is 0.727. The molecule has 7 heteroatoms. The molecule has 3 aromatic rings. The van der Waals surface area contributed by atoms with E-state index in [2.05, 4.69) is 15.5 Å². The minimum absolute atomic E-state index is 0.130. The molecule has 1 aromatic heterocycles. The fourth-order valence-electron chi connectivity index (χ4n) is 3.33. The Balaban J connectivity index is 1.53. The number of nitrogens with one attached hydrogen (secondary N) is 1. The highest BCUT2D eigenvalue weighted by atomic mass is 19.1. The summed E-state index contributed by atoms with van der Waals surface area (Å²) < 4.78 is 24.2. The van der Waals surface area contributed by atoms with Crippen molar-refractivity contribution in [2.75, 3.05) is 6.61 Å². The van der Waals surface area contributed by atoms with Crippen LogP contribution in [0.3, 0.4) is 0 Å². The van der Waals surface area contributed by atoms with E-state index in [0.29, 0.717) is 23.9 Å². The van der Waals surface area contributed by atoms with E-state index in [4.69, 9.17) is 9.26 Å². The third kappa shape index (κ3) is 3.94. The van der Waals surface area contributed by atoms with Gasteiger partial charge in [-0.05, 0) is 61.7 Å². The number of aryl methyl sites for hydroxylation is 1. The topological polar surface area (TPSA) is 77.2 Å². The molecule has 1 fully saturated rings. The van der Waals surface area contributed by atoms with Crippen molar-refractivity contribution >= 4 is 5.91 Å². The Bertz CT molecular complexity index is 948. The van der Waals surface area contributed by atoms with Crippen LogP contribution in [-0.2, 0) is 4.74 Å². The van der Waals surface area contributed by atoms with Crippen LogP contribution in [0.25, 0.3) is 11.5 Å². The zero-order valence-electron chi connectivity index (χ0n) is 15.4. The van der Waals surface area contributed by atoms with Crippen LogP contribution in [0.2, 0.25) is 0 Å². The molecule has 0 radical (unpaired) electrons. The zero-order valence-corrected chi connectivity index (χ0v) is 15.4. The third-order valence-electron chi connectivity index (χ3n) is 4.77. The number of hydrogen-bond acceptors (Lipinski definition) is 5. The maximum atomic E-state index is 13.3. The summed E-state index contributed by atoms with van der Waals surface area (Å²) >= 11 is 0. The Morgan fingerprint density at radius 3 is 2.54 bits per heavy atom. The van der Waals surface area contributed by atoms with E-state index in [1.807, 2.05) is 0 Å². The lowest BCUT2D eigenvalue weighted by molar-refractivity contribution is 0.0672. The van der Waals surface area contributed by atoms with Gasteiger partial charge in [0.05, 0.1) is 12.1 Å². The predicted molar refractivity (Wildman–Crippen MR) is 100 cm³/mol. The van der Waals surface area contributed by atoms with Gasteiger partial charge >= 0.3 is 0 Å². The van der Waals surface area contributed by atoms with Gasteiger partial charge in [0.15, 0.2) is 5.82 Å². The summed E-state index contributed by atoms with van der Waals surface area (Å²) in [6.45, 7) is 2.41. The van der Waals surface area contributed by atoms with Crippen LogP contribution in [-0.4, -0.2) is 28.8 Å². The minimum Gasteiger partial charge on any atom is -0.376 e. The van der Waals surface area contributed by atoms with Gasteiger partial charge in [0.1, 0.15) is 5.82 Å². The maximum absolute atomic E-state index is 13.3. The lowest BCUT2D eigenvalue weighted by Gasteiger charge is -2.25. The first kappa shape index (κ1) is 18.3. The van der Waals surface area contributed by atoms with Gasteiger partial charge in [-0.1, -0.05) is 17.3 Å². The number of hydrogen-bond donors (Lipinski definition) is 1. The van der Waals surface area contributed by atoms with Crippen LogP contribution in [0.15, 0.2) is 53.1 Å². The molecule has 0 spiro atoms. The van der Waals surface area contributed by atoms with Crippen LogP contribution >= 0.6 is 0 Å². The van der Waals surface area contributed by atoms with Crippen LogP contribution in [0, 0.1) is 12.7 Å². The number of carbonyl (C=O) groups excluding carboxylic acids is 1. The molecule has 2 aromatic carbocycles. The average molecular weight is 381 g/mol. The summed E-state index contributed by atoms with van der Waals surface area (Å²) in [5.41, 5.74) is 2.07. The molecule has 1 aliphatic heterocycles. The second-order valence-corrected chi connectivity index (χ2v) is 6.78. The summed E-state index contributed by atoms with van der Waals surface area (Å²) in [6, 6.07) is 12.8. The summed E-state index contributed by atoms with van der Waals surface area (Å²) in [5, 5.41) is 6.80. The molecule has 0 saturated carbocycles. The van der Waals surface area contributed by atoms with Crippen molar-refractivity contribution in [1.82, 2.24) is 15.5 Å². The number of halogens is 1. The van der Waals surface area contributed by atoms with E-state index >= 15 is 0 Å². The van der Waals surface area contributed by atoms with Crippen LogP contribution in [0.5, 0.6) is 0 Å².